The molecule has 8 nitrogen and oxygen atoms in total. The Kier molecular flexibility index (Phi) is 41.2. The number of benzene rings is 3. The van der Waals surface area contributed by atoms with Crippen LogP contribution in [0.25, 0.3) is 0 Å². The molecule has 0 aromatic heterocycles. The van der Waals surface area contributed by atoms with E-state index < -0.39 is 6.04 Å². The van der Waals surface area contributed by atoms with Gasteiger partial charge >= 0.3 is 0 Å². The highest BCUT2D eigenvalue weighted by Crippen LogP contribution is 2.33. The fraction of sp³-hybridized carbons (Fsp3) is 0.721. The molecule has 1 unspecified atom stereocenters. The van der Waals surface area contributed by atoms with Gasteiger partial charge in [-0.3, -0.25) is 4.79 Å². The van der Waals surface area contributed by atoms with Crippen molar-refractivity contribution in [1.29, 1.82) is 0 Å². The van der Waals surface area contributed by atoms with Gasteiger partial charge in [0.2, 0.25) is 0 Å². The molecule has 432 valence electrons. The molecule has 8 heteroatoms. The van der Waals surface area contributed by atoms with Crippen molar-refractivity contribution in [3.05, 3.63) is 77.4 Å². The summed E-state index contributed by atoms with van der Waals surface area (Å²) in [6, 6.07) is 18.8. The molecule has 0 fully saturated rings. The first-order chi connectivity index (χ1) is 37.5. The van der Waals surface area contributed by atoms with Crippen LogP contribution in [0.15, 0.2) is 60.7 Å². The van der Waals surface area contributed by atoms with Crippen molar-refractivity contribution < 1.29 is 28.5 Å². The minimum atomic E-state index is -0.400. The number of carbonyl (C=O) groups is 1. The van der Waals surface area contributed by atoms with Crippen LogP contribution in [0.3, 0.4) is 0 Å². The van der Waals surface area contributed by atoms with Crippen molar-refractivity contribution in [2.75, 3.05) is 34.0 Å². The lowest BCUT2D eigenvalue weighted by Gasteiger charge is -2.17. The number of methoxy groups -OCH3 is 2. The maximum atomic E-state index is 13.1. The molecule has 3 aromatic carbocycles. The number of nitrogens with one attached hydrogen (secondary N) is 1. The minimum absolute atomic E-state index is 0.103. The summed E-state index contributed by atoms with van der Waals surface area (Å²) in [6.45, 7) is 6.18. The molecule has 0 aliphatic rings. The van der Waals surface area contributed by atoms with Crippen LogP contribution in [0, 0.1) is 0 Å². The topological polar surface area (TPSA) is 101 Å². The SMILES string of the molecule is CCCCCCCCCCCCCCCCCCCCCCOc1ccc(CNC(=O)COc2ccc(C(N)c3ccc(OC)cc3OC)cc2)c(OCCCCCCCCCCCCCCCCCCCCCC)c1. The zero-order valence-electron chi connectivity index (χ0n) is 49.5. The highest BCUT2D eigenvalue weighted by molar-refractivity contribution is 5.77. The van der Waals surface area contributed by atoms with Gasteiger partial charge in [0.1, 0.15) is 28.7 Å². The lowest BCUT2D eigenvalue weighted by Crippen LogP contribution is -2.28. The van der Waals surface area contributed by atoms with E-state index in [1.54, 1.807) is 14.2 Å². The molecule has 76 heavy (non-hydrogen) atoms. The molecule has 3 N–H and O–H groups in total. The maximum Gasteiger partial charge on any atom is 0.258 e. The zero-order chi connectivity index (χ0) is 54.2. The molecule has 0 bridgehead atoms. The number of ether oxygens (including phenoxy) is 5. The van der Waals surface area contributed by atoms with Gasteiger partial charge in [-0.1, -0.05) is 270 Å². The Balaban J connectivity index is 1.32. The van der Waals surface area contributed by atoms with E-state index in [1.165, 1.54) is 244 Å². The predicted octanol–water partition coefficient (Wildman–Crippen LogP) is 19.8. The number of unbranched alkanes of at least 4 members (excludes halogenated alkanes) is 38. The second kappa shape index (κ2) is 47.1. The smallest absolute Gasteiger partial charge is 0.258 e. The first kappa shape index (κ1) is 66.4. The summed E-state index contributed by atoms with van der Waals surface area (Å²) in [4.78, 5) is 13.1. The number of nitrogens with two attached hydrogens (primary N) is 1. The fourth-order valence-corrected chi connectivity index (χ4v) is 10.4. The van der Waals surface area contributed by atoms with Crippen molar-refractivity contribution in [3.8, 4) is 28.7 Å². The molecule has 0 spiro atoms. The summed E-state index contributed by atoms with van der Waals surface area (Å²) in [5, 5.41) is 3.05. The molecule has 0 saturated heterocycles. The first-order valence-corrected chi connectivity index (χ1v) is 31.8. The van der Waals surface area contributed by atoms with E-state index in [0.717, 1.165) is 41.0 Å². The largest absolute Gasteiger partial charge is 0.497 e. The standard InChI is InChI=1S/C68H114N2O6/c1-5-7-9-11-13-15-17-19-21-23-25-27-29-31-33-35-37-39-41-43-53-74-63-50-47-60(57-70-67(71)58-76-61-48-45-59(46-49-61)68(69)64-52-51-62(72-3)55-66(64)73-4)65(56-63)75-54-44-42-40-38-36-34-32-30-28-26-24-22-20-18-16-14-12-10-8-6-2/h45-52,55-56,68H,5-44,53-54,57-58,69H2,1-4H3,(H,70,71). The van der Waals surface area contributed by atoms with Crippen LogP contribution >= 0.6 is 0 Å². The van der Waals surface area contributed by atoms with E-state index in [-0.39, 0.29) is 12.5 Å². The van der Waals surface area contributed by atoms with Crippen LogP contribution in [0.5, 0.6) is 28.7 Å². The number of hydrogen-bond acceptors (Lipinski definition) is 7. The molecule has 0 radical (unpaired) electrons. The number of rotatable bonds is 53. The van der Waals surface area contributed by atoms with Crippen LogP contribution in [-0.4, -0.2) is 39.9 Å². The Bertz CT molecular complexity index is 1800. The average molecular weight is 1060 g/mol. The highest BCUT2D eigenvalue weighted by atomic mass is 16.5. The van der Waals surface area contributed by atoms with Crippen molar-refractivity contribution in [3.63, 3.8) is 0 Å². The van der Waals surface area contributed by atoms with Gasteiger partial charge in [-0.15, -0.1) is 0 Å². The van der Waals surface area contributed by atoms with E-state index >= 15 is 0 Å². The lowest BCUT2D eigenvalue weighted by molar-refractivity contribution is -0.123. The van der Waals surface area contributed by atoms with Gasteiger partial charge in [-0.2, -0.15) is 0 Å². The second-order valence-electron chi connectivity index (χ2n) is 22.1. The summed E-state index contributed by atoms with van der Waals surface area (Å²) in [5.74, 6) is 3.36. The normalized spacial score (nSPS) is 11.7. The maximum absolute atomic E-state index is 13.1. The van der Waals surface area contributed by atoms with Crippen LogP contribution in [0.1, 0.15) is 293 Å². The molecule has 1 amide bonds. The van der Waals surface area contributed by atoms with Crippen molar-refractivity contribution >= 4 is 5.91 Å². The number of carbonyl (C=O) groups excluding carboxylic acids is 1. The molecule has 0 aliphatic carbocycles. The van der Waals surface area contributed by atoms with Gasteiger partial charge in [0.15, 0.2) is 6.61 Å². The Morgan fingerprint density at radius 2 is 0.776 bits per heavy atom. The van der Waals surface area contributed by atoms with Gasteiger partial charge < -0.3 is 34.7 Å². The van der Waals surface area contributed by atoms with Crippen molar-refractivity contribution in [1.82, 2.24) is 5.32 Å². The van der Waals surface area contributed by atoms with Crippen LogP contribution in [0.4, 0.5) is 0 Å². The predicted molar refractivity (Wildman–Crippen MR) is 323 cm³/mol. The third-order valence-corrected chi connectivity index (χ3v) is 15.4. The summed E-state index contributed by atoms with van der Waals surface area (Å²) < 4.78 is 29.5. The molecule has 3 aromatic rings. The Labute approximate surface area is 466 Å². The zero-order valence-corrected chi connectivity index (χ0v) is 49.5. The van der Waals surface area contributed by atoms with E-state index in [2.05, 4.69) is 19.2 Å². The molecule has 0 heterocycles. The van der Waals surface area contributed by atoms with E-state index in [9.17, 15) is 4.79 Å². The third-order valence-electron chi connectivity index (χ3n) is 15.4. The number of hydrogen-bond donors (Lipinski definition) is 2. The van der Waals surface area contributed by atoms with E-state index in [0.29, 0.717) is 37.0 Å². The Hall–Kier alpha value is -3.91. The minimum Gasteiger partial charge on any atom is -0.497 e. The summed E-state index contributed by atoms with van der Waals surface area (Å²) in [5.41, 5.74) is 9.31. The monoisotopic (exact) mass is 1050 g/mol. The van der Waals surface area contributed by atoms with E-state index in [1.807, 2.05) is 60.7 Å². The lowest BCUT2D eigenvalue weighted by atomic mass is 9.98. The molecule has 0 aliphatic heterocycles. The Morgan fingerprint density at radius 3 is 1.18 bits per heavy atom. The van der Waals surface area contributed by atoms with E-state index in [4.69, 9.17) is 29.4 Å². The van der Waals surface area contributed by atoms with Gasteiger partial charge in [0, 0.05) is 29.8 Å². The second-order valence-corrected chi connectivity index (χ2v) is 22.1. The van der Waals surface area contributed by atoms with Gasteiger partial charge in [0.25, 0.3) is 5.91 Å². The molecular weight excluding hydrogens is 941 g/mol. The molecule has 3 rings (SSSR count). The fourth-order valence-electron chi connectivity index (χ4n) is 10.4. The molecular formula is C68H114N2O6. The quantitative estimate of drug-likeness (QED) is 0.0543. The highest BCUT2D eigenvalue weighted by Gasteiger charge is 2.16. The van der Waals surface area contributed by atoms with Crippen LogP contribution < -0.4 is 34.7 Å². The van der Waals surface area contributed by atoms with Crippen LogP contribution in [0.2, 0.25) is 0 Å². The van der Waals surface area contributed by atoms with Crippen molar-refractivity contribution in [2.24, 2.45) is 5.73 Å². The molecule has 0 saturated carbocycles. The summed E-state index contributed by atoms with van der Waals surface area (Å²) in [6.07, 6.45) is 54.8. The molecule has 1 atom stereocenters. The summed E-state index contributed by atoms with van der Waals surface area (Å²) >= 11 is 0. The Morgan fingerprint density at radius 1 is 0.408 bits per heavy atom. The van der Waals surface area contributed by atoms with Gasteiger partial charge in [-0.25, -0.2) is 0 Å². The van der Waals surface area contributed by atoms with Crippen LogP contribution in [-0.2, 0) is 11.3 Å². The first-order valence-electron chi connectivity index (χ1n) is 31.8. The summed E-state index contributed by atoms with van der Waals surface area (Å²) in [7, 11) is 3.25. The van der Waals surface area contributed by atoms with Crippen molar-refractivity contribution in [2.45, 2.75) is 283 Å². The third kappa shape index (κ3) is 33.4. The van der Waals surface area contributed by atoms with Gasteiger partial charge in [0.05, 0.1) is 33.5 Å². The number of amides is 1. The average Bonchev–Trinajstić information content (AvgIpc) is 3.45. The van der Waals surface area contributed by atoms with Gasteiger partial charge in [-0.05, 0) is 54.8 Å².